The number of rotatable bonds is 5. The molecule has 0 aromatic carbocycles. The van der Waals surface area contributed by atoms with E-state index in [-0.39, 0.29) is 6.04 Å². The zero-order chi connectivity index (χ0) is 13.1. The third kappa shape index (κ3) is 2.46. The molecule has 0 aliphatic carbocycles. The average Bonchev–Trinajstić information content (AvgIpc) is 2.95. The first-order valence-electron chi connectivity index (χ1n) is 5.77. The Balaban J connectivity index is 2.42. The van der Waals surface area contributed by atoms with Crippen molar-refractivity contribution in [2.75, 3.05) is 7.11 Å². The smallest absolute Gasteiger partial charge is 0.161 e. The van der Waals surface area contributed by atoms with E-state index in [1.54, 1.807) is 24.6 Å². The van der Waals surface area contributed by atoms with Crippen LogP contribution in [0.15, 0.2) is 22.1 Å². The highest BCUT2D eigenvalue weighted by atomic mass is 79.9. The van der Waals surface area contributed by atoms with Crippen LogP contribution in [0.4, 0.5) is 0 Å². The summed E-state index contributed by atoms with van der Waals surface area (Å²) in [5.74, 6) is 0.747. The molecule has 1 atom stereocenters. The number of ether oxygens (including phenoxy) is 1. The monoisotopic (exact) mass is 329 g/mol. The molecule has 0 saturated carbocycles. The van der Waals surface area contributed by atoms with Crippen molar-refractivity contribution in [3.8, 4) is 5.75 Å². The Labute approximate surface area is 119 Å². The Hall–Kier alpha value is -0.850. The van der Waals surface area contributed by atoms with Crippen molar-refractivity contribution in [2.24, 2.45) is 5.73 Å². The summed E-state index contributed by atoms with van der Waals surface area (Å²) in [6.45, 7) is 2.96. The summed E-state index contributed by atoms with van der Waals surface area (Å²) >= 11 is 5.16. The maximum absolute atomic E-state index is 6.35. The topological polar surface area (TPSA) is 53.1 Å². The van der Waals surface area contributed by atoms with E-state index in [9.17, 15) is 0 Å². The van der Waals surface area contributed by atoms with Crippen LogP contribution < -0.4 is 10.5 Å². The van der Waals surface area contributed by atoms with Crippen LogP contribution in [0.2, 0.25) is 0 Å². The van der Waals surface area contributed by atoms with Gasteiger partial charge in [0.1, 0.15) is 5.69 Å². The van der Waals surface area contributed by atoms with Crippen LogP contribution in [0.5, 0.6) is 5.75 Å². The second-order valence-electron chi connectivity index (χ2n) is 3.93. The van der Waals surface area contributed by atoms with Gasteiger partial charge >= 0.3 is 0 Å². The molecule has 0 amide bonds. The number of methoxy groups -OCH3 is 1. The van der Waals surface area contributed by atoms with E-state index in [4.69, 9.17) is 10.5 Å². The van der Waals surface area contributed by atoms with Crippen molar-refractivity contribution in [1.82, 2.24) is 9.78 Å². The lowest BCUT2D eigenvalue weighted by Crippen LogP contribution is -2.17. The zero-order valence-electron chi connectivity index (χ0n) is 10.4. The van der Waals surface area contributed by atoms with Gasteiger partial charge in [-0.25, -0.2) is 0 Å². The van der Waals surface area contributed by atoms with Gasteiger partial charge in [-0.1, -0.05) is 6.92 Å². The largest absolute Gasteiger partial charge is 0.493 e. The van der Waals surface area contributed by atoms with E-state index in [1.807, 2.05) is 16.1 Å². The van der Waals surface area contributed by atoms with E-state index < -0.39 is 0 Å². The molecule has 2 N–H and O–H groups in total. The number of aromatic nitrogens is 2. The molecule has 2 heterocycles. The minimum absolute atomic E-state index is 0.219. The van der Waals surface area contributed by atoms with E-state index >= 15 is 0 Å². The number of hydrogen-bond acceptors (Lipinski definition) is 4. The van der Waals surface area contributed by atoms with Crippen LogP contribution in [0.25, 0.3) is 0 Å². The summed E-state index contributed by atoms with van der Waals surface area (Å²) in [4.78, 5) is 1.09. The van der Waals surface area contributed by atoms with Crippen molar-refractivity contribution in [2.45, 2.75) is 25.9 Å². The van der Waals surface area contributed by atoms with Crippen molar-refractivity contribution in [3.05, 3.63) is 32.7 Å². The summed E-state index contributed by atoms with van der Waals surface area (Å²) in [7, 11) is 1.65. The molecule has 2 aromatic rings. The van der Waals surface area contributed by atoms with Gasteiger partial charge in [0.2, 0.25) is 0 Å². The molecule has 2 aromatic heterocycles. The van der Waals surface area contributed by atoms with Crippen LogP contribution in [0.3, 0.4) is 0 Å². The molecular weight excluding hydrogens is 314 g/mol. The number of hydrogen-bond donors (Lipinski definition) is 1. The van der Waals surface area contributed by atoms with Crippen LogP contribution in [-0.2, 0) is 6.54 Å². The van der Waals surface area contributed by atoms with E-state index in [1.165, 1.54) is 0 Å². The fourth-order valence-electron chi connectivity index (χ4n) is 1.89. The molecule has 0 saturated heterocycles. The molecular formula is C12H16BrN3OS. The Bertz CT molecular complexity index is 523. The zero-order valence-corrected chi connectivity index (χ0v) is 12.8. The summed E-state index contributed by atoms with van der Waals surface area (Å²) in [5.41, 5.74) is 7.29. The molecule has 0 radical (unpaired) electrons. The van der Waals surface area contributed by atoms with Crippen LogP contribution >= 0.6 is 27.3 Å². The molecule has 6 heteroatoms. The lowest BCUT2D eigenvalue weighted by atomic mass is 10.1. The predicted molar refractivity (Wildman–Crippen MR) is 77.1 cm³/mol. The van der Waals surface area contributed by atoms with Gasteiger partial charge < -0.3 is 10.5 Å². The first-order valence-corrected chi connectivity index (χ1v) is 7.44. The lowest BCUT2D eigenvalue weighted by Gasteiger charge is -2.15. The fourth-order valence-corrected chi connectivity index (χ4v) is 3.51. The van der Waals surface area contributed by atoms with Gasteiger partial charge in [-0.2, -0.15) is 5.10 Å². The molecule has 0 bridgehead atoms. The van der Waals surface area contributed by atoms with Crippen LogP contribution in [0.1, 0.15) is 30.0 Å². The molecule has 0 aliphatic rings. The lowest BCUT2D eigenvalue weighted by molar-refractivity contribution is 0.404. The maximum Gasteiger partial charge on any atom is 0.161 e. The van der Waals surface area contributed by atoms with Crippen molar-refractivity contribution >= 4 is 27.3 Å². The Morgan fingerprint density at radius 1 is 1.61 bits per heavy atom. The number of halogens is 1. The molecule has 0 aliphatic heterocycles. The third-order valence-corrected chi connectivity index (χ3v) is 4.68. The Morgan fingerprint density at radius 2 is 2.39 bits per heavy atom. The molecule has 0 fully saturated rings. The highest BCUT2D eigenvalue weighted by Gasteiger charge is 2.22. The highest BCUT2D eigenvalue weighted by molar-refractivity contribution is 9.10. The normalized spacial score (nSPS) is 12.7. The van der Waals surface area contributed by atoms with Gasteiger partial charge in [0.25, 0.3) is 0 Å². The summed E-state index contributed by atoms with van der Waals surface area (Å²) < 4.78 is 8.32. The second kappa shape index (κ2) is 5.86. The number of aryl methyl sites for hydroxylation is 1. The Morgan fingerprint density at radius 3 is 2.94 bits per heavy atom. The molecule has 1 unspecified atom stereocenters. The first-order chi connectivity index (χ1) is 8.69. The predicted octanol–water partition coefficient (Wildman–Crippen LogP) is 3.17. The molecule has 0 spiro atoms. The molecule has 4 nitrogen and oxygen atoms in total. The van der Waals surface area contributed by atoms with Gasteiger partial charge in [0.05, 0.1) is 19.3 Å². The summed E-state index contributed by atoms with van der Waals surface area (Å²) in [5, 5.41) is 6.36. The van der Waals surface area contributed by atoms with E-state index in [2.05, 4.69) is 28.0 Å². The highest BCUT2D eigenvalue weighted by Crippen LogP contribution is 2.35. The Kier molecular flexibility index (Phi) is 4.42. The van der Waals surface area contributed by atoms with Crippen molar-refractivity contribution < 1.29 is 4.74 Å². The number of thiophene rings is 1. The number of nitrogens with two attached hydrogens (primary N) is 1. The standard InChI is InChI=1S/C12H16BrN3OS/c1-3-5-16-11(9(17-2)7-15-16)10(14)12-8(13)4-6-18-12/h4,6-7,10H,3,5,14H2,1-2H3. The molecule has 18 heavy (non-hydrogen) atoms. The van der Waals surface area contributed by atoms with Crippen molar-refractivity contribution in [3.63, 3.8) is 0 Å². The third-order valence-electron chi connectivity index (χ3n) is 2.72. The number of nitrogens with zero attached hydrogens (tertiary/aromatic N) is 2. The van der Waals surface area contributed by atoms with Gasteiger partial charge in [-0.05, 0) is 33.8 Å². The minimum atomic E-state index is -0.219. The van der Waals surface area contributed by atoms with Crippen LogP contribution in [0, 0.1) is 0 Å². The second-order valence-corrected chi connectivity index (χ2v) is 5.73. The van der Waals surface area contributed by atoms with Gasteiger partial charge in [0, 0.05) is 15.9 Å². The molecule has 2 rings (SSSR count). The first kappa shape index (κ1) is 13.6. The van der Waals surface area contributed by atoms with Gasteiger partial charge in [0.15, 0.2) is 5.75 Å². The average molecular weight is 330 g/mol. The van der Waals surface area contributed by atoms with Crippen LogP contribution in [-0.4, -0.2) is 16.9 Å². The van der Waals surface area contributed by atoms with E-state index in [0.717, 1.165) is 33.8 Å². The summed E-state index contributed by atoms with van der Waals surface area (Å²) in [6.07, 6.45) is 2.74. The van der Waals surface area contributed by atoms with E-state index in [0.29, 0.717) is 0 Å². The molecule has 98 valence electrons. The fraction of sp³-hybridized carbons (Fsp3) is 0.417. The minimum Gasteiger partial charge on any atom is -0.493 e. The summed E-state index contributed by atoms with van der Waals surface area (Å²) in [6, 6.07) is 1.79. The van der Waals surface area contributed by atoms with Gasteiger partial charge in [-0.15, -0.1) is 11.3 Å². The van der Waals surface area contributed by atoms with Gasteiger partial charge in [-0.3, -0.25) is 4.68 Å². The SMILES string of the molecule is CCCn1ncc(OC)c1C(N)c1sccc1Br. The quantitative estimate of drug-likeness (QED) is 0.916. The maximum atomic E-state index is 6.35. The van der Waals surface area contributed by atoms with Crippen molar-refractivity contribution in [1.29, 1.82) is 0 Å².